The van der Waals surface area contributed by atoms with Crippen LogP contribution in [0.15, 0.2) is 18.2 Å². The molecule has 2 rings (SSSR count). The molecule has 9 heteroatoms. The Hall–Kier alpha value is -2.55. The number of methoxy groups -OCH3 is 1. The molecule has 1 N–H and O–H groups in total. The number of nitro groups is 1. The van der Waals surface area contributed by atoms with E-state index >= 15 is 0 Å². The molecular weight excluding hydrogens is 276 g/mol. The van der Waals surface area contributed by atoms with Crippen LogP contribution in [0, 0.1) is 10.1 Å². The van der Waals surface area contributed by atoms with Crippen molar-refractivity contribution in [2.75, 3.05) is 13.7 Å². The minimum absolute atomic E-state index is 0.0510. The van der Waals surface area contributed by atoms with Crippen LogP contribution in [0.1, 0.15) is 25.7 Å². The fraction of sp³-hybridized carbons (Fsp3) is 0.417. The first kappa shape index (κ1) is 14.9. The highest BCUT2D eigenvalue weighted by Gasteiger charge is 2.19. The van der Waals surface area contributed by atoms with Gasteiger partial charge in [0.1, 0.15) is 5.69 Å². The molecule has 0 saturated carbocycles. The maximum absolute atomic E-state index is 10.8. The summed E-state index contributed by atoms with van der Waals surface area (Å²) in [6.07, 6.45) is 0. The number of benzene rings is 1. The molecule has 9 nitrogen and oxygen atoms in total. The van der Waals surface area contributed by atoms with Gasteiger partial charge in [0, 0.05) is 6.07 Å². The van der Waals surface area contributed by atoms with Crippen LogP contribution in [0.5, 0.6) is 5.75 Å². The third kappa shape index (κ3) is 2.97. The standard InChI is InChI=1S/C12H16N6O3/c1-4-13-8(2)12-14-15-16-17(12)10-6-5-9(18(19)20)7-11(10)21-3/h5-8,13H,4H2,1-3H3. The zero-order valence-corrected chi connectivity index (χ0v) is 12.0. The van der Waals surface area contributed by atoms with Gasteiger partial charge in [0.25, 0.3) is 5.69 Å². The van der Waals surface area contributed by atoms with Crippen LogP contribution < -0.4 is 10.1 Å². The van der Waals surface area contributed by atoms with Crippen LogP contribution in [0.4, 0.5) is 5.69 Å². The molecule has 0 saturated heterocycles. The van der Waals surface area contributed by atoms with E-state index in [-0.39, 0.29) is 11.7 Å². The molecule has 2 aromatic rings. The fourth-order valence-electron chi connectivity index (χ4n) is 1.99. The first-order chi connectivity index (χ1) is 10.1. The van der Waals surface area contributed by atoms with Crippen LogP contribution in [0.2, 0.25) is 0 Å². The number of nitrogens with one attached hydrogen (secondary N) is 1. The van der Waals surface area contributed by atoms with Crippen molar-refractivity contribution < 1.29 is 9.66 Å². The van der Waals surface area contributed by atoms with E-state index in [0.29, 0.717) is 17.3 Å². The highest BCUT2D eigenvalue weighted by molar-refractivity contribution is 5.53. The summed E-state index contributed by atoms with van der Waals surface area (Å²) in [6.45, 7) is 4.69. The van der Waals surface area contributed by atoms with Gasteiger partial charge in [-0.1, -0.05) is 6.92 Å². The molecule has 0 amide bonds. The predicted molar refractivity (Wildman–Crippen MR) is 74.5 cm³/mol. The van der Waals surface area contributed by atoms with Gasteiger partial charge in [-0.15, -0.1) is 5.10 Å². The van der Waals surface area contributed by atoms with Crippen molar-refractivity contribution in [3.63, 3.8) is 0 Å². The normalized spacial score (nSPS) is 12.1. The lowest BCUT2D eigenvalue weighted by Gasteiger charge is -2.13. The summed E-state index contributed by atoms with van der Waals surface area (Å²) in [4.78, 5) is 10.3. The monoisotopic (exact) mass is 292 g/mol. The summed E-state index contributed by atoms with van der Waals surface area (Å²) >= 11 is 0. The van der Waals surface area contributed by atoms with E-state index in [1.165, 1.54) is 23.9 Å². The number of nitrogens with zero attached hydrogens (tertiary/aromatic N) is 5. The largest absolute Gasteiger partial charge is 0.494 e. The Labute approximate surface area is 121 Å². The van der Waals surface area contributed by atoms with Gasteiger partial charge in [-0.25, -0.2) is 0 Å². The third-order valence-corrected chi connectivity index (χ3v) is 2.99. The third-order valence-electron chi connectivity index (χ3n) is 2.99. The fourth-order valence-corrected chi connectivity index (χ4v) is 1.99. The van der Waals surface area contributed by atoms with E-state index in [0.717, 1.165) is 6.54 Å². The summed E-state index contributed by atoms with van der Waals surface area (Å²) in [5.41, 5.74) is 0.498. The van der Waals surface area contributed by atoms with Gasteiger partial charge in [0.05, 0.1) is 24.1 Å². The minimum atomic E-state index is -0.478. The van der Waals surface area contributed by atoms with Gasteiger partial charge < -0.3 is 10.1 Å². The summed E-state index contributed by atoms with van der Waals surface area (Å²) in [5, 5.41) is 25.6. The molecular formula is C12H16N6O3. The van der Waals surface area contributed by atoms with Crippen molar-refractivity contribution in [2.24, 2.45) is 0 Å². The number of tetrazole rings is 1. The van der Waals surface area contributed by atoms with Crippen LogP contribution in [-0.2, 0) is 0 Å². The molecule has 21 heavy (non-hydrogen) atoms. The molecule has 1 atom stereocenters. The molecule has 112 valence electrons. The maximum Gasteiger partial charge on any atom is 0.273 e. The van der Waals surface area contributed by atoms with E-state index in [2.05, 4.69) is 20.8 Å². The summed E-state index contributed by atoms with van der Waals surface area (Å²) in [6, 6.07) is 4.24. The van der Waals surface area contributed by atoms with Crippen molar-refractivity contribution in [3.05, 3.63) is 34.1 Å². The topological polar surface area (TPSA) is 108 Å². The molecule has 1 aromatic heterocycles. The van der Waals surface area contributed by atoms with Crippen LogP contribution in [-0.4, -0.2) is 38.8 Å². The van der Waals surface area contributed by atoms with Crippen molar-refractivity contribution in [2.45, 2.75) is 19.9 Å². The lowest BCUT2D eigenvalue weighted by molar-refractivity contribution is -0.384. The van der Waals surface area contributed by atoms with Gasteiger partial charge in [0.2, 0.25) is 0 Å². The second-order valence-corrected chi connectivity index (χ2v) is 4.34. The number of rotatable bonds is 6. The van der Waals surface area contributed by atoms with Gasteiger partial charge in [-0.2, -0.15) is 4.68 Å². The smallest absolute Gasteiger partial charge is 0.273 e. The lowest BCUT2D eigenvalue weighted by atomic mass is 10.2. The highest BCUT2D eigenvalue weighted by atomic mass is 16.6. The van der Waals surface area contributed by atoms with Crippen LogP contribution >= 0.6 is 0 Å². The zero-order valence-electron chi connectivity index (χ0n) is 12.0. The van der Waals surface area contributed by atoms with E-state index in [9.17, 15) is 10.1 Å². The minimum Gasteiger partial charge on any atom is -0.494 e. The van der Waals surface area contributed by atoms with Gasteiger partial charge >= 0.3 is 0 Å². The molecule has 1 aromatic carbocycles. The molecule has 0 fully saturated rings. The Morgan fingerprint density at radius 3 is 2.90 bits per heavy atom. The Kier molecular flexibility index (Phi) is 4.43. The van der Waals surface area contributed by atoms with Crippen molar-refractivity contribution >= 4 is 5.69 Å². The molecule has 0 spiro atoms. The first-order valence-corrected chi connectivity index (χ1v) is 6.43. The Morgan fingerprint density at radius 1 is 1.52 bits per heavy atom. The number of nitro benzene ring substituents is 1. The van der Waals surface area contributed by atoms with Gasteiger partial charge in [0.15, 0.2) is 11.6 Å². The first-order valence-electron chi connectivity index (χ1n) is 6.43. The van der Waals surface area contributed by atoms with Gasteiger partial charge in [-0.05, 0) is 30.0 Å². The second kappa shape index (κ2) is 6.27. The summed E-state index contributed by atoms with van der Waals surface area (Å²) < 4.78 is 6.72. The molecule has 1 unspecified atom stereocenters. The van der Waals surface area contributed by atoms with E-state index in [1.807, 2.05) is 13.8 Å². The molecule has 0 aliphatic carbocycles. The highest BCUT2D eigenvalue weighted by Crippen LogP contribution is 2.28. The Balaban J connectivity index is 2.47. The number of aromatic nitrogens is 4. The average molecular weight is 292 g/mol. The molecule has 0 radical (unpaired) electrons. The molecule has 0 aliphatic rings. The van der Waals surface area contributed by atoms with Crippen molar-refractivity contribution in [3.8, 4) is 11.4 Å². The van der Waals surface area contributed by atoms with Crippen molar-refractivity contribution in [1.82, 2.24) is 25.5 Å². The molecule has 0 bridgehead atoms. The Bertz CT molecular complexity index is 642. The quantitative estimate of drug-likeness (QED) is 0.630. The predicted octanol–water partition coefficient (Wildman–Crippen LogP) is 1.25. The summed E-state index contributed by atoms with van der Waals surface area (Å²) in [7, 11) is 1.44. The van der Waals surface area contributed by atoms with E-state index < -0.39 is 4.92 Å². The number of ether oxygens (including phenoxy) is 1. The maximum atomic E-state index is 10.8. The van der Waals surface area contributed by atoms with E-state index in [4.69, 9.17) is 4.74 Å². The number of non-ortho nitro benzene ring substituents is 1. The number of hydrogen-bond acceptors (Lipinski definition) is 7. The molecule has 0 aliphatic heterocycles. The average Bonchev–Trinajstić information content (AvgIpc) is 2.96. The molecule has 1 heterocycles. The number of hydrogen-bond donors (Lipinski definition) is 1. The van der Waals surface area contributed by atoms with E-state index in [1.54, 1.807) is 6.07 Å². The van der Waals surface area contributed by atoms with Crippen LogP contribution in [0.3, 0.4) is 0 Å². The Morgan fingerprint density at radius 2 is 2.29 bits per heavy atom. The zero-order chi connectivity index (χ0) is 15.4. The summed E-state index contributed by atoms with van der Waals surface area (Å²) in [5.74, 6) is 0.936. The van der Waals surface area contributed by atoms with Crippen LogP contribution in [0.25, 0.3) is 5.69 Å². The lowest BCUT2D eigenvalue weighted by Crippen LogP contribution is -2.21. The van der Waals surface area contributed by atoms with Crippen molar-refractivity contribution in [1.29, 1.82) is 0 Å². The SMILES string of the molecule is CCNC(C)c1nnnn1-c1ccc([N+](=O)[O-])cc1OC. The van der Waals surface area contributed by atoms with Gasteiger partial charge in [-0.3, -0.25) is 10.1 Å². The second-order valence-electron chi connectivity index (χ2n) is 4.34.